The van der Waals surface area contributed by atoms with Gasteiger partial charge < -0.3 is 9.47 Å². The minimum atomic E-state index is 0.230. The number of allylic oxidation sites excluding steroid dienone is 1. The van der Waals surface area contributed by atoms with Crippen LogP contribution in [0.1, 0.15) is 6.42 Å². The Labute approximate surface area is 94.5 Å². The fourth-order valence-electron chi connectivity index (χ4n) is 1.39. The van der Waals surface area contributed by atoms with E-state index in [1.54, 1.807) is 0 Å². The summed E-state index contributed by atoms with van der Waals surface area (Å²) >= 11 is 10.9. The van der Waals surface area contributed by atoms with E-state index >= 15 is 0 Å². The van der Waals surface area contributed by atoms with Crippen molar-refractivity contribution in [2.24, 2.45) is 5.92 Å². The number of hydrogen-bond donors (Lipinski definition) is 0. The van der Waals surface area contributed by atoms with E-state index in [1.807, 2.05) is 0 Å². The molecule has 0 spiro atoms. The number of hydrogen-bond acceptors (Lipinski definition) is 2. The molecule has 0 aromatic carbocycles. The summed E-state index contributed by atoms with van der Waals surface area (Å²) in [4.78, 5) is 0. The van der Waals surface area contributed by atoms with Gasteiger partial charge in [-0.3, -0.25) is 0 Å². The van der Waals surface area contributed by atoms with Crippen molar-refractivity contribution in [2.45, 2.75) is 6.42 Å². The van der Waals surface area contributed by atoms with Gasteiger partial charge in [-0.05, 0) is 12.0 Å². The van der Waals surface area contributed by atoms with Gasteiger partial charge in [0.25, 0.3) is 0 Å². The maximum Gasteiger partial charge on any atom is 0.121 e. The average Bonchev–Trinajstić information content (AvgIpc) is 2.24. The summed E-state index contributed by atoms with van der Waals surface area (Å²) in [6.45, 7) is 1.23. The predicted molar refractivity (Wildman–Crippen MR) is 58.7 cm³/mol. The summed E-state index contributed by atoms with van der Waals surface area (Å²) in [7, 11) is 0. The Balaban J connectivity index is 2.33. The molecule has 1 aliphatic carbocycles. The lowest BCUT2D eigenvalue weighted by Crippen LogP contribution is -2.10. The van der Waals surface area contributed by atoms with Crippen LogP contribution in [-0.4, -0.2) is 25.3 Å². The largest absolute Gasteiger partial charge is 0.365 e. The van der Waals surface area contributed by atoms with Crippen molar-refractivity contribution < 1.29 is 9.47 Å². The molecule has 0 saturated heterocycles. The highest BCUT2D eigenvalue weighted by molar-refractivity contribution is 6.17. The number of halogens is 2. The Morgan fingerprint density at radius 1 is 1.29 bits per heavy atom. The van der Waals surface area contributed by atoms with Crippen LogP contribution in [0.5, 0.6) is 0 Å². The molecule has 1 aliphatic rings. The molecule has 0 bridgehead atoms. The second-order valence-electron chi connectivity index (χ2n) is 3.08. The van der Waals surface area contributed by atoms with Crippen molar-refractivity contribution in [3.8, 4) is 0 Å². The maximum atomic E-state index is 5.44. The Morgan fingerprint density at radius 2 is 2.07 bits per heavy atom. The van der Waals surface area contributed by atoms with Crippen LogP contribution in [0.3, 0.4) is 0 Å². The highest BCUT2D eigenvalue weighted by Crippen LogP contribution is 2.17. The van der Waals surface area contributed by atoms with Crippen LogP contribution >= 0.6 is 23.2 Å². The first-order chi connectivity index (χ1) is 6.86. The van der Waals surface area contributed by atoms with E-state index in [0.717, 1.165) is 12.0 Å². The van der Waals surface area contributed by atoms with Crippen molar-refractivity contribution >= 4 is 23.2 Å². The summed E-state index contributed by atoms with van der Waals surface area (Å²) in [5, 5.41) is 0. The number of rotatable bonds is 6. The van der Waals surface area contributed by atoms with E-state index in [0.29, 0.717) is 19.1 Å². The molecule has 4 heteroatoms. The third-order valence-corrected chi connectivity index (χ3v) is 2.28. The minimum Gasteiger partial charge on any atom is -0.365 e. The van der Waals surface area contributed by atoms with Crippen LogP contribution < -0.4 is 0 Å². The summed E-state index contributed by atoms with van der Waals surface area (Å²) in [6.07, 6.45) is 7.33. The molecular weight excluding hydrogens is 223 g/mol. The van der Waals surface area contributed by atoms with Gasteiger partial charge in [-0.25, -0.2) is 0 Å². The van der Waals surface area contributed by atoms with Crippen LogP contribution in [0.4, 0.5) is 0 Å². The number of alkyl halides is 2. The van der Waals surface area contributed by atoms with Crippen LogP contribution in [0.15, 0.2) is 23.8 Å². The lowest BCUT2D eigenvalue weighted by atomic mass is 9.97. The van der Waals surface area contributed by atoms with E-state index < -0.39 is 0 Å². The van der Waals surface area contributed by atoms with Crippen LogP contribution in [-0.2, 0) is 9.47 Å². The predicted octanol–water partition coefficient (Wildman–Crippen LogP) is 2.91. The van der Waals surface area contributed by atoms with E-state index in [1.165, 1.54) is 0 Å². The topological polar surface area (TPSA) is 18.5 Å². The molecule has 2 nitrogen and oxygen atoms in total. The molecule has 1 unspecified atom stereocenters. The molecule has 0 aliphatic heterocycles. The van der Waals surface area contributed by atoms with Gasteiger partial charge in [-0.15, -0.1) is 0 Å². The third kappa shape index (κ3) is 4.47. The Hall–Kier alpha value is -0.0200. The normalized spacial score (nSPS) is 21.0. The lowest BCUT2D eigenvalue weighted by molar-refractivity contribution is 0.151. The van der Waals surface area contributed by atoms with E-state index in [9.17, 15) is 0 Å². The summed E-state index contributed by atoms with van der Waals surface area (Å²) in [5.74, 6) is 0.410. The van der Waals surface area contributed by atoms with Gasteiger partial charge in [-0.1, -0.05) is 41.4 Å². The highest BCUT2D eigenvalue weighted by Gasteiger charge is 2.09. The first-order valence-electron chi connectivity index (χ1n) is 4.51. The summed E-state index contributed by atoms with van der Waals surface area (Å²) in [5.41, 5.74) is 1.15. The van der Waals surface area contributed by atoms with E-state index in [-0.39, 0.29) is 12.1 Å². The molecule has 0 radical (unpaired) electrons. The van der Waals surface area contributed by atoms with Crippen LogP contribution in [0, 0.1) is 5.92 Å². The molecule has 1 rings (SSSR count). The van der Waals surface area contributed by atoms with E-state index in [2.05, 4.69) is 18.2 Å². The number of ether oxygens (including phenoxy) is 2. The van der Waals surface area contributed by atoms with Crippen molar-refractivity contribution in [3.63, 3.8) is 0 Å². The Kier molecular flexibility index (Phi) is 6.28. The molecule has 0 amide bonds. The fourth-order valence-corrected chi connectivity index (χ4v) is 1.55. The van der Waals surface area contributed by atoms with Gasteiger partial charge in [0, 0.05) is 5.92 Å². The lowest BCUT2D eigenvalue weighted by Gasteiger charge is -2.15. The summed E-state index contributed by atoms with van der Waals surface area (Å²) in [6, 6.07) is 0.482. The zero-order valence-corrected chi connectivity index (χ0v) is 9.43. The van der Waals surface area contributed by atoms with Gasteiger partial charge in [0.15, 0.2) is 0 Å². The molecule has 80 valence electrons. The SMILES string of the molecule is ClCOCC1=CC(COCCl)CC=C1. The molecule has 0 aromatic rings. The Bertz CT molecular complexity index is 214. The second-order valence-corrected chi connectivity index (χ2v) is 3.51. The monoisotopic (exact) mass is 236 g/mol. The fraction of sp³-hybridized carbons (Fsp3) is 0.600. The molecule has 0 aromatic heterocycles. The van der Waals surface area contributed by atoms with Crippen LogP contribution in [0.2, 0.25) is 0 Å². The molecule has 0 saturated carbocycles. The Morgan fingerprint density at radius 3 is 2.79 bits per heavy atom. The molecule has 14 heavy (non-hydrogen) atoms. The van der Waals surface area contributed by atoms with Gasteiger partial charge in [0.1, 0.15) is 12.1 Å². The standard InChI is InChI=1S/C10H14Cl2O2/c11-7-13-5-9-2-1-3-10(4-9)6-14-8-12/h1-2,4,10H,3,5-8H2. The van der Waals surface area contributed by atoms with Gasteiger partial charge in [0.05, 0.1) is 13.2 Å². The third-order valence-electron chi connectivity index (χ3n) is 1.98. The molecular formula is C10H14Cl2O2. The molecule has 1 atom stereocenters. The summed E-state index contributed by atoms with van der Waals surface area (Å²) < 4.78 is 10.3. The zero-order chi connectivity index (χ0) is 10.2. The van der Waals surface area contributed by atoms with Crippen LogP contribution in [0.25, 0.3) is 0 Å². The average molecular weight is 237 g/mol. The highest BCUT2D eigenvalue weighted by atomic mass is 35.5. The van der Waals surface area contributed by atoms with Gasteiger partial charge in [-0.2, -0.15) is 0 Å². The van der Waals surface area contributed by atoms with Gasteiger partial charge >= 0.3 is 0 Å². The molecule has 0 N–H and O–H groups in total. The van der Waals surface area contributed by atoms with Crippen molar-refractivity contribution in [1.29, 1.82) is 0 Å². The quantitative estimate of drug-likeness (QED) is 0.661. The maximum absolute atomic E-state index is 5.44. The van der Waals surface area contributed by atoms with E-state index in [4.69, 9.17) is 32.7 Å². The first kappa shape index (κ1) is 12.1. The minimum absolute atomic E-state index is 0.230. The van der Waals surface area contributed by atoms with Crippen molar-refractivity contribution in [2.75, 3.05) is 25.3 Å². The molecule has 0 fully saturated rings. The molecule has 0 heterocycles. The zero-order valence-electron chi connectivity index (χ0n) is 7.92. The van der Waals surface area contributed by atoms with Gasteiger partial charge in [0.2, 0.25) is 0 Å². The van der Waals surface area contributed by atoms with Crippen molar-refractivity contribution in [3.05, 3.63) is 23.8 Å². The second kappa shape index (κ2) is 7.30. The smallest absolute Gasteiger partial charge is 0.121 e. The van der Waals surface area contributed by atoms with Crippen molar-refractivity contribution in [1.82, 2.24) is 0 Å². The first-order valence-corrected chi connectivity index (χ1v) is 5.58.